The molecule has 0 unspecified atom stereocenters. The van der Waals surface area contributed by atoms with Gasteiger partial charge in [0.25, 0.3) is 11.5 Å². The molecule has 2 aromatic heterocycles. The molecule has 0 fully saturated rings. The summed E-state index contributed by atoms with van der Waals surface area (Å²) >= 11 is 0. The largest absolute Gasteiger partial charge is 0.308 e. The number of fused-ring (bicyclic) bond motifs is 4. The fraction of sp³-hybridized carbons (Fsp3) is 0.192. The van der Waals surface area contributed by atoms with E-state index < -0.39 is 0 Å². The van der Waals surface area contributed by atoms with Gasteiger partial charge >= 0.3 is 0 Å². The van der Waals surface area contributed by atoms with Gasteiger partial charge in [0.2, 0.25) is 0 Å². The molecule has 5 rings (SSSR count). The summed E-state index contributed by atoms with van der Waals surface area (Å²) in [6, 6.07) is 15.4. The molecule has 0 bridgehead atoms. The first-order valence-corrected chi connectivity index (χ1v) is 10.4. The number of carbonyl (C=O) groups excluding carboxylic acids is 1. The van der Waals surface area contributed by atoms with E-state index in [1.165, 1.54) is 0 Å². The molecular formula is C26H23N3O2. The van der Waals surface area contributed by atoms with E-state index in [-0.39, 0.29) is 11.5 Å². The fourth-order valence-corrected chi connectivity index (χ4v) is 4.34. The third-order valence-electron chi connectivity index (χ3n) is 5.77. The molecule has 0 aliphatic carbocycles. The Bertz CT molecular complexity index is 1460. The number of aryl methyl sites for hydroxylation is 1. The van der Waals surface area contributed by atoms with Crippen LogP contribution < -0.4 is 10.5 Å². The second-order valence-corrected chi connectivity index (χ2v) is 8.36. The van der Waals surface area contributed by atoms with Gasteiger partial charge in [0.05, 0.1) is 16.7 Å². The van der Waals surface area contributed by atoms with Crippen molar-refractivity contribution in [3.8, 4) is 5.69 Å². The molecule has 0 N–H and O–H groups in total. The van der Waals surface area contributed by atoms with E-state index >= 15 is 0 Å². The molecular weight excluding hydrogens is 386 g/mol. The minimum Gasteiger partial charge on any atom is -0.308 e. The molecule has 2 aromatic carbocycles. The Morgan fingerprint density at radius 2 is 1.90 bits per heavy atom. The molecule has 154 valence electrons. The van der Waals surface area contributed by atoms with Crippen LogP contribution in [0.4, 0.5) is 5.69 Å². The van der Waals surface area contributed by atoms with Gasteiger partial charge in [0.15, 0.2) is 0 Å². The van der Waals surface area contributed by atoms with E-state index in [9.17, 15) is 9.59 Å². The Morgan fingerprint density at radius 3 is 2.71 bits per heavy atom. The molecule has 3 heterocycles. The predicted molar refractivity (Wildman–Crippen MR) is 125 cm³/mol. The quantitative estimate of drug-likeness (QED) is 0.356. The molecule has 0 atom stereocenters. The zero-order valence-electron chi connectivity index (χ0n) is 17.8. The van der Waals surface area contributed by atoms with Gasteiger partial charge < -0.3 is 4.90 Å². The van der Waals surface area contributed by atoms with Gasteiger partial charge in [-0.15, -0.1) is 0 Å². The molecule has 1 aliphatic rings. The summed E-state index contributed by atoms with van der Waals surface area (Å²) in [5, 5.41) is 1.84. The van der Waals surface area contributed by atoms with Gasteiger partial charge in [0, 0.05) is 41.3 Å². The highest BCUT2D eigenvalue weighted by atomic mass is 16.2. The summed E-state index contributed by atoms with van der Waals surface area (Å²) in [6.07, 6.45) is 4.28. The molecule has 0 spiro atoms. The average Bonchev–Trinajstić information content (AvgIpc) is 3.16. The Hall–Kier alpha value is -3.73. The predicted octanol–water partition coefficient (Wildman–Crippen LogP) is 4.70. The van der Waals surface area contributed by atoms with Crippen LogP contribution in [0.15, 0.2) is 71.2 Å². The fourth-order valence-electron chi connectivity index (χ4n) is 4.34. The lowest BCUT2D eigenvalue weighted by Crippen LogP contribution is -2.27. The zero-order valence-corrected chi connectivity index (χ0v) is 17.8. The van der Waals surface area contributed by atoms with Crippen molar-refractivity contribution >= 4 is 33.4 Å². The van der Waals surface area contributed by atoms with Crippen LogP contribution >= 0.6 is 0 Å². The van der Waals surface area contributed by atoms with E-state index in [2.05, 4.69) is 11.1 Å². The number of aromatic nitrogens is 2. The highest BCUT2D eigenvalue weighted by Gasteiger charge is 2.24. The van der Waals surface area contributed by atoms with Crippen molar-refractivity contribution in [3.05, 3.63) is 87.9 Å². The van der Waals surface area contributed by atoms with Crippen molar-refractivity contribution in [3.63, 3.8) is 0 Å². The number of rotatable bonds is 2. The second-order valence-electron chi connectivity index (χ2n) is 8.36. The van der Waals surface area contributed by atoms with Crippen LogP contribution in [-0.4, -0.2) is 22.0 Å². The van der Waals surface area contributed by atoms with Gasteiger partial charge in [-0.05, 0) is 63.1 Å². The Morgan fingerprint density at radius 1 is 1.06 bits per heavy atom. The van der Waals surface area contributed by atoms with E-state index in [1.54, 1.807) is 27.8 Å². The molecule has 1 aliphatic heterocycles. The van der Waals surface area contributed by atoms with E-state index in [4.69, 9.17) is 0 Å². The minimum absolute atomic E-state index is 0.0218. The summed E-state index contributed by atoms with van der Waals surface area (Å²) < 4.78 is 1.74. The summed E-state index contributed by atoms with van der Waals surface area (Å²) in [5.74, 6) is -0.0218. The molecule has 4 aromatic rings. The number of amides is 1. The lowest BCUT2D eigenvalue weighted by atomic mass is 10.1. The first-order valence-electron chi connectivity index (χ1n) is 10.4. The molecule has 0 saturated heterocycles. The smallest absolute Gasteiger partial charge is 0.255 e. The maximum Gasteiger partial charge on any atom is 0.255 e. The number of nitrogens with zero attached hydrogens (tertiary/aromatic N) is 3. The van der Waals surface area contributed by atoms with E-state index in [0.717, 1.165) is 56.3 Å². The minimum atomic E-state index is -0.110. The zero-order chi connectivity index (χ0) is 21.7. The normalized spacial score (nSPS) is 12.9. The van der Waals surface area contributed by atoms with Crippen molar-refractivity contribution < 1.29 is 4.79 Å². The van der Waals surface area contributed by atoms with Crippen LogP contribution in [0.5, 0.6) is 0 Å². The van der Waals surface area contributed by atoms with Crippen molar-refractivity contribution in [2.45, 2.75) is 27.2 Å². The number of hydrogen-bond donors (Lipinski definition) is 0. The first kappa shape index (κ1) is 19.2. The van der Waals surface area contributed by atoms with Gasteiger partial charge in [-0.3, -0.25) is 19.1 Å². The van der Waals surface area contributed by atoms with Crippen molar-refractivity contribution in [1.82, 2.24) is 9.55 Å². The van der Waals surface area contributed by atoms with Gasteiger partial charge in [-0.1, -0.05) is 23.3 Å². The number of hydrogen-bond acceptors (Lipinski definition) is 3. The SMILES string of the molecule is CC(C)=CC(=O)N1CCc2ccc(-n3c(=O)ccc4cnc5ccc(C)cc5c43)cc21. The first-order chi connectivity index (χ1) is 14.9. The van der Waals surface area contributed by atoms with E-state index in [1.807, 2.05) is 57.2 Å². The van der Waals surface area contributed by atoms with Crippen LogP contribution in [0.1, 0.15) is 25.0 Å². The summed E-state index contributed by atoms with van der Waals surface area (Å²) in [4.78, 5) is 32.2. The Balaban J connectivity index is 1.77. The van der Waals surface area contributed by atoms with Crippen molar-refractivity contribution in [1.29, 1.82) is 0 Å². The molecule has 0 radical (unpaired) electrons. The lowest BCUT2D eigenvalue weighted by molar-refractivity contribution is -0.114. The molecule has 5 heteroatoms. The van der Waals surface area contributed by atoms with Crippen LogP contribution in [0, 0.1) is 6.92 Å². The summed E-state index contributed by atoms with van der Waals surface area (Å²) in [6.45, 7) is 6.52. The van der Waals surface area contributed by atoms with Crippen LogP contribution in [-0.2, 0) is 11.2 Å². The number of benzene rings is 2. The van der Waals surface area contributed by atoms with E-state index in [0.29, 0.717) is 6.54 Å². The maximum absolute atomic E-state index is 13.1. The number of pyridine rings is 2. The third kappa shape index (κ3) is 3.22. The number of allylic oxidation sites excluding steroid dienone is 1. The molecule has 5 nitrogen and oxygen atoms in total. The van der Waals surface area contributed by atoms with Gasteiger partial charge in [0.1, 0.15) is 0 Å². The van der Waals surface area contributed by atoms with Gasteiger partial charge in [-0.25, -0.2) is 0 Å². The standard InChI is InChI=1S/C26H23N3O2/c1-16(2)12-25(31)28-11-10-18-5-7-20(14-23(18)28)29-24(30)9-6-19-15-27-22-8-4-17(3)13-21(22)26(19)29/h4-9,12-15H,10-11H2,1-3H3. The second kappa shape index (κ2) is 7.20. The summed E-state index contributed by atoms with van der Waals surface area (Å²) in [5.41, 5.74) is 6.39. The Labute approximate surface area is 180 Å². The monoisotopic (exact) mass is 409 g/mol. The topological polar surface area (TPSA) is 55.2 Å². The number of anilines is 1. The van der Waals surface area contributed by atoms with Crippen LogP contribution in [0.25, 0.3) is 27.5 Å². The number of carbonyl (C=O) groups is 1. The molecule has 31 heavy (non-hydrogen) atoms. The molecule has 0 saturated carbocycles. The maximum atomic E-state index is 13.1. The lowest BCUT2D eigenvalue weighted by Gasteiger charge is -2.18. The Kier molecular flexibility index (Phi) is 4.47. The van der Waals surface area contributed by atoms with Crippen molar-refractivity contribution in [2.24, 2.45) is 0 Å². The third-order valence-corrected chi connectivity index (χ3v) is 5.77. The summed E-state index contributed by atoms with van der Waals surface area (Å²) in [7, 11) is 0. The highest BCUT2D eigenvalue weighted by Crippen LogP contribution is 2.32. The van der Waals surface area contributed by atoms with Crippen LogP contribution in [0.3, 0.4) is 0 Å². The van der Waals surface area contributed by atoms with Gasteiger partial charge in [-0.2, -0.15) is 0 Å². The van der Waals surface area contributed by atoms with Crippen LogP contribution in [0.2, 0.25) is 0 Å². The van der Waals surface area contributed by atoms with Crippen molar-refractivity contribution in [2.75, 3.05) is 11.4 Å². The molecule has 1 amide bonds. The average molecular weight is 409 g/mol. The highest BCUT2D eigenvalue weighted by molar-refractivity contribution is 6.05.